The maximum atomic E-state index is 12.8. The van der Waals surface area contributed by atoms with Gasteiger partial charge in [0.2, 0.25) is 11.7 Å². The van der Waals surface area contributed by atoms with E-state index >= 15 is 0 Å². The molecule has 1 fully saturated rings. The fraction of sp³-hybridized carbons (Fsp3) is 0.571. The third kappa shape index (κ3) is 6.18. The van der Waals surface area contributed by atoms with Gasteiger partial charge in [-0.25, -0.2) is 15.0 Å². The Balaban J connectivity index is 1.49. The average molecular weight is 485 g/mol. The Kier molecular flexibility index (Phi) is 7.55. The number of hydrogen-bond acceptors (Lipinski definition) is 7. The number of nitrogens with one attached hydrogen (secondary N) is 1. The van der Waals surface area contributed by atoms with Crippen LogP contribution in [0.2, 0.25) is 0 Å². The van der Waals surface area contributed by atoms with Gasteiger partial charge in [0.25, 0.3) is 5.91 Å². The highest BCUT2D eigenvalue weighted by Crippen LogP contribution is 2.30. The molecule has 180 valence electrons. The second kappa shape index (κ2) is 10.0. The SMILES string of the molecule is Cc1ncc(C(=O)N[C@@H](C)C(=O)N2CCC(CCc3c(C)nc(C(F)(F)F)nc3N)CC2)s1. The minimum atomic E-state index is -4.63. The van der Waals surface area contributed by atoms with Gasteiger partial charge < -0.3 is 16.0 Å². The number of nitrogens with zero attached hydrogens (tertiary/aromatic N) is 4. The molecule has 0 aromatic carbocycles. The molecule has 3 rings (SSSR count). The molecule has 12 heteroatoms. The second-order valence-corrected chi connectivity index (χ2v) is 9.47. The first-order valence-corrected chi connectivity index (χ1v) is 11.5. The number of likely N-dealkylation sites (tertiary alicyclic amines) is 1. The highest BCUT2D eigenvalue weighted by Gasteiger charge is 2.36. The number of hydrogen-bond donors (Lipinski definition) is 2. The molecule has 1 atom stereocenters. The summed E-state index contributed by atoms with van der Waals surface area (Å²) < 4.78 is 38.5. The number of carbonyl (C=O) groups excluding carboxylic acids is 2. The number of alkyl halides is 3. The Morgan fingerprint density at radius 3 is 2.48 bits per heavy atom. The smallest absolute Gasteiger partial charge is 0.383 e. The molecule has 0 saturated carbocycles. The maximum Gasteiger partial charge on any atom is 0.451 e. The standard InChI is InChI=1S/C21H27F3N6O2S/c1-11-15(17(25)29-20(28-11)21(22,23)24)5-4-14-6-8-30(9-7-14)19(32)12(2)27-18(31)16-10-26-13(3)33-16/h10,12,14H,4-9H2,1-3H3,(H,27,31)(H2,25,28,29)/t12-/m0/s1. The van der Waals surface area contributed by atoms with Crippen LogP contribution in [0.1, 0.15) is 57.9 Å². The van der Waals surface area contributed by atoms with Crippen LogP contribution < -0.4 is 11.1 Å². The van der Waals surface area contributed by atoms with Crippen molar-refractivity contribution < 1.29 is 22.8 Å². The van der Waals surface area contributed by atoms with E-state index in [0.29, 0.717) is 35.9 Å². The number of piperidine rings is 1. The zero-order valence-corrected chi connectivity index (χ0v) is 19.5. The van der Waals surface area contributed by atoms with Crippen LogP contribution in [0.5, 0.6) is 0 Å². The fourth-order valence-electron chi connectivity index (χ4n) is 3.91. The normalized spacial score (nSPS) is 16.0. The summed E-state index contributed by atoms with van der Waals surface area (Å²) in [5.74, 6) is -1.51. The van der Waals surface area contributed by atoms with Gasteiger partial charge in [-0.05, 0) is 52.4 Å². The quantitative estimate of drug-likeness (QED) is 0.651. The lowest BCUT2D eigenvalue weighted by Crippen LogP contribution is -2.49. The number of anilines is 1. The zero-order chi connectivity index (χ0) is 24.3. The van der Waals surface area contributed by atoms with E-state index in [0.717, 1.165) is 24.3 Å². The highest BCUT2D eigenvalue weighted by molar-refractivity contribution is 7.13. The molecule has 1 aliphatic rings. The monoisotopic (exact) mass is 484 g/mol. The number of carbonyl (C=O) groups is 2. The van der Waals surface area contributed by atoms with Crippen LogP contribution in [0.25, 0.3) is 0 Å². The van der Waals surface area contributed by atoms with Crippen LogP contribution in [0.4, 0.5) is 19.0 Å². The molecule has 33 heavy (non-hydrogen) atoms. The zero-order valence-electron chi connectivity index (χ0n) is 18.7. The molecule has 3 N–H and O–H groups in total. The average Bonchev–Trinajstić information content (AvgIpc) is 3.18. The van der Waals surface area contributed by atoms with Crippen LogP contribution in [0, 0.1) is 19.8 Å². The van der Waals surface area contributed by atoms with Crippen molar-refractivity contribution in [2.45, 2.75) is 58.7 Å². The van der Waals surface area contributed by atoms with Crippen molar-refractivity contribution in [1.29, 1.82) is 0 Å². The predicted octanol–water partition coefficient (Wildman–Crippen LogP) is 3.14. The molecule has 3 heterocycles. The summed E-state index contributed by atoms with van der Waals surface area (Å²) in [4.78, 5) is 38.2. The van der Waals surface area contributed by atoms with Gasteiger partial charge in [-0.3, -0.25) is 9.59 Å². The van der Waals surface area contributed by atoms with Gasteiger partial charge in [0.15, 0.2) is 0 Å². The van der Waals surface area contributed by atoms with Crippen LogP contribution in [-0.4, -0.2) is 50.8 Å². The van der Waals surface area contributed by atoms with Crippen molar-refractivity contribution in [3.8, 4) is 0 Å². The second-order valence-electron chi connectivity index (χ2n) is 8.24. The lowest BCUT2D eigenvalue weighted by molar-refractivity contribution is -0.145. The molecule has 1 saturated heterocycles. The molecular formula is C21H27F3N6O2S. The molecule has 0 spiro atoms. The van der Waals surface area contributed by atoms with Crippen molar-refractivity contribution >= 4 is 29.0 Å². The van der Waals surface area contributed by atoms with E-state index in [-0.39, 0.29) is 23.3 Å². The summed E-state index contributed by atoms with van der Waals surface area (Å²) in [5, 5.41) is 3.50. The Morgan fingerprint density at radius 2 is 1.94 bits per heavy atom. The maximum absolute atomic E-state index is 12.8. The third-order valence-corrected chi connectivity index (χ3v) is 6.70. The van der Waals surface area contributed by atoms with E-state index in [4.69, 9.17) is 5.73 Å². The Labute approximate surface area is 193 Å². The first-order chi connectivity index (χ1) is 15.5. The van der Waals surface area contributed by atoms with Gasteiger partial charge >= 0.3 is 6.18 Å². The minimum Gasteiger partial charge on any atom is -0.383 e. The first kappa shape index (κ1) is 24.9. The molecule has 8 nitrogen and oxygen atoms in total. The lowest BCUT2D eigenvalue weighted by Gasteiger charge is -2.33. The van der Waals surface area contributed by atoms with Gasteiger partial charge in [0.05, 0.1) is 11.2 Å². The van der Waals surface area contributed by atoms with Crippen LogP contribution in [0.3, 0.4) is 0 Å². The van der Waals surface area contributed by atoms with Crippen molar-refractivity contribution in [3.05, 3.63) is 33.2 Å². The summed E-state index contributed by atoms with van der Waals surface area (Å²) in [7, 11) is 0. The number of rotatable bonds is 6. The fourth-order valence-corrected chi connectivity index (χ4v) is 4.59. The third-order valence-electron chi connectivity index (χ3n) is 5.79. The van der Waals surface area contributed by atoms with Crippen LogP contribution in [-0.2, 0) is 17.4 Å². The highest BCUT2D eigenvalue weighted by atomic mass is 32.1. The van der Waals surface area contributed by atoms with E-state index in [1.807, 2.05) is 0 Å². The Hall–Kier alpha value is -2.76. The van der Waals surface area contributed by atoms with E-state index in [1.54, 1.807) is 18.7 Å². The van der Waals surface area contributed by atoms with E-state index < -0.39 is 18.0 Å². The summed E-state index contributed by atoms with van der Waals surface area (Å²) in [6.07, 6.45) is -0.406. The number of halogens is 3. The van der Waals surface area contributed by atoms with Crippen molar-refractivity contribution in [3.63, 3.8) is 0 Å². The number of amides is 2. The van der Waals surface area contributed by atoms with Gasteiger partial charge in [-0.15, -0.1) is 11.3 Å². The molecule has 0 unspecified atom stereocenters. The van der Waals surface area contributed by atoms with Gasteiger partial charge in [0.1, 0.15) is 16.7 Å². The summed E-state index contributed by atoms with van der Waals surface area (Å²) in [6, 6.07) is -0.650. The number of nitrogen functional groups attached to an aromatic ring is 1. The largest absolute Gasteiger partial charge is 0.451 e. The van der Waals surface area contributed by atoms with E-state index in [1.165, 1.54) is 24.5 Å². The van der Waals surface area contributed by atoms with Crippen molar-refractivity contribution in [2.24, 2.45) is 5.92 Å². The molecule has 2 aromatic heterocycles. The predicted molar refractivity (Wildman–Crippen MR) is 118 cm³/mol. The topological polar surface area (TPSA) is 114 Å². The van der Waals surface area contributed by atoms with Crippen molar-refractivity contribution in [2.75, 3.05) is 18.8 Å². The van der Waals surface area contributed by atoms with Gasteiger partial charge in [0, 0.05) is 24.3 Å². The molecule has 0 radical (unpaired) electrons. The molecule has 0 aliphatic carbocycles. The molecule has 1 aliphatic heterocycles. The van der Waals surface area contributed by atoms with Crippen molar-refractivity contribution in [1.82, 2.24) is 25.2 Å². The van der Waals surface area contributed by atoms with E-state index in [9.17, 15) is 22.8 Å². The van der Waals surface area contributed by atoms with Crippen LogP contribution >= 0.6 is 11.3 Å². The number of aromatic nitrogens is 3. The molecule has 2 amide bonds. The molecular weight excluding hydrogens is 457 g/mol. The van der Waals surface area contributed by atoms with Gasteiger partial charge in [-0.2, -0.15) is 13.2 Å². The van der Waals surface area contributed by atoms with Gasteiger partial charge in [-0.1, -0.05) is 0 Å². The minimum absolute atomic E-state index is 0.136. The number of nitrogens with two attached hydrogens (primary N) is 1. The summed E-state index contributed by atoms with van der Waals surface area (Å²) in [6.45, 7) is 6.09. The molecule has 0 bridgehead atoms. The number of aryl methyl sites for hydroxylation is 2. The summed E-state index contributed by atoms with van der Waals surface area (Å²) in [5.41, 5.74) is 6.55. The molecule has 2 aromatic rings. The number of thiazole rings is 1. The summed E-state index contributed by atoms with van der Waals surface area (Å²) >= 11 is 1.27. The van der Waals surface area contributed by atoms with E-state index in [2.05, 4.69) is 20.3 Å². The Bertz CT molecular complexity index is 995. The first-order valence-electron chi connectivity index (χ1n) is 10.7. The lowest BCUT2D eigenvalue weighted by atomic mass is 9.90. The Morgan fingerprint density at radius 1 is 1.27 bits per heavy atom. The van der Waals surface area contributed by atoms with Crippen LogP contribution in [0.15, 0.2) is 6.20 Å².